The Morgan fingerprint density at radius 2 is 0.836 bits per heavy atom. The number of fused-ring (bicyclic) bond motifs is 7. The Morgan fingerprint density at radius 1 is 0.311 bits per heavy atom. The van der Waals surface area contributed by atoms with E-state index in [0.29, 0.717) is 0 Å². The molecule has 0 spiro atoms. The predicted octanol–water partition coefficient (Wildman–Crippen LogP) is 16.3. The molecule has 10 aromatic carbocycles. The summed E-state index contributed by atoms with van der Waals surface area (Å²) in [5.41, 5.74) is 15.5. The highest BCUT2D eigenvalue weighted by Gasteiger charge is 2.21. The minimum absolute atomic E-state index is 0.903. The van der Waals surface area contributed by atoms with Crippen molar-refractivity contribution in [3.8, 4) is 39.1 Å². The standard InChI is InChI=1S/C58H38N2O/c1-2-15-39(16-3-1)40-29-33-42(34-30-40)59(43-35-31-41(32-36-43)44-23-14-24-52-51-22-9-13-28-57(51)61-58(44)52)56-38-37-46(45-17-4-5-18-47(45)56)48-19-6-10-25-53(48)60-54-26-11-7-20-49(54)50-21-8-12-27-55(50)60/h1-38H. The van der Waals surface area contributed by atoms with Crippen LogP contribution in [0.2, 0.25) is 0 Å². The third kappa shape index (κ3) is 5.74. The topological polar surface area (TPSA) is 21.3 Å². The number of aromatic nitrogens is 1. The molecule has 0 unspecified atom stereocenters. The fraction of sp³-hybridized carbons (Fsp3) is 0. The first-order valence-corrected chi connectivity index (χ1v) is 20.8. The van der Waals surface area contributed by atoms with Crippen molar-refractivity contribution >= 4 is 71.6 Å². The van der Waals surface area contributed by atoms with Gasteiger partial charge in [0, 0.05) is 49.4 Å². The molecule has 2 heterocycles. The van der Waals surface area contributed by atoms with Gasteiger partial charge in [0.2, 0.25) is 0 Å². The second-order valence-electron chi connectivity index (χ2n) is 15.6. The van der Waals surface area contributed by atoms with E-state index >= 15 is 0 Å². The summed E-state index contributed by atoms with van der Waals surface area (Å²) < 4.78 is 8.89. The summed E-state index contributed by atoms with van der Waals surface area (Å²) in [6.45, 7) is 0. The fourth-order valence-corrected chi connectivity index (χ4v) is 9.42. The maximum atomic E-state index is 6.46. The average molecular weight is 779 g/mol. The van der Waals surface area contributed by atoms with E-state index in [1.165, 1.54) is 54.8 Å². The molecule has 0 radical (unpaired) electrons. The second kappa shape index (κ2) is 14.3. The molecule has 286 valence electrons. The van der Waals surface area contributed by atoms with Gasteiger partial charge in [-0.1, -0.05) is 176 Å². The molecular formula is C58H38N2O. The van der Waals surface area contributed by atoms with Crippen molar-refractivity contribution in [1.82, 2.24) is 4.57 Å². The number of hydrogen-bond acceptors (Lipinski definition) is 2. The number of anilines is 3. The Bertz CT molecular complexity index is 3520. The predicted molar refractivity (Wildman–Crippen MR) is 257 cm³/mol. The van der Waals surface area contributed by atoms with Crippen LogP contribution in [0.15, 0.2) is 235 Å². The van der Waals surface area contributed by atoms with Gasteiger partial charge < -0.3 is 13.9 Å². The molecule has 2 aromatic heterocycles. The molecule has 0 saturated carbocycles. The van der Waals surface area contributed by atoms with Gasteiger partial charge >= 0.3 is 0 Å². The van der Waals surface area contributed by atoms with Gasteiger partial charge in [-0.05, 0) is 82.2 Å². The molecule has 3 nitrogen and oxygen atoms in total. The average Bonchev–Trinajstić information content (AvgIpc) is 3.89. The lowest BCUT2D eigenvalue weighted by atomic mass is 9.94. The zero-order chi connectivity index (χ0) is 40.3. The van der Waals surface area contributed by atoms with Crippen molar-refractivity contribution in [2.24, 2.45) is 0 Å². The Morgan fingerprint density at radius 3 is 1.56 bits per heavy atom. The number of nitrogens with zero attached hydrogens (tertiary/aromatic N) is 2. The lowest BCUT2D eigenvalue weighted by Crippen LogP contribution is -2.10. The lowest BCUT2D eigenvalue weighted by Gasteiger charge is -2.28. The van der Waals surface area contributed by atoms with Crippen LogP contribution in [0.5, 0.6) is 0 Å². The third-order valence-electron chi connectivity index (χ3n) is 12.2. The van der Waals surface area contributed by atoms with Crippen molar-refractivity contribution in [2.45, 2.75) is 0 Å². The van der Waals surface area contributed by atoms with Gasteiger partial charge in [0.25, 0.3) is 0 Å². The number of benzene rings is 10. The first-order valence-electron chi connectivity index (χ1n) is 20.8. The molecule has 0 atom stereocenters. The molecule has 0 aliphatic carbocycles. The SMILES string of the molecule is c1ccc(-c2ccc(N(c3ccc(-c4cccc5c4oc4ccccc45)cc3)c3ccc(-c4ccccc4-n4c5ccccc5c5ccccc54)c4ccccc34)cc2)cc1. The lowest BCUT2D eigenvalue weighted by molar-refractivity contribution is 0.670. The van der Waals surface area contributed by atoms with Crippen LogP contribution in [-0.2, 0) is 0 Å². The summed E-state index contributed by atoms with van der Waals surface area (Å²) >= 11 is 0. The summed E-state index contributed by atoms with van der Waals surface area (Å²) in [6.07, 6.45) is 0. The van der Waals surface area contributed by atoms with Crippen LogP contribution in [0.3, 0.4) is 0 Å². The van der Waals surface area contributed by atoms with E-state index in [1.807, 2.05) is 12.1 Å². The summed E-state index contributed by atoms with van der Waals surface area (Å²) in [5, 5.41) is 7.12. The summed E-state index contributed by atoms with van der Waals surface area (Å²) in [4.78, 5) is 2.39. The van der Waals surface area contributed by atoms with E-state index in [9.17, 15) is 0 Å². The molecule has 0 amide bonds. The van der Waals surface area contributed by atoms with Gasteiger partial charge in [-0.3, -0.25) is 0 Å². The molecule has 0 aliphatic heterocycles. The fourth-order valence-electron chi connectivity index (χ4n) is 9.42. The van der Waals surface area contributed by atoms with Crippen molar-refractivity contribution in [1.29, 1.82) is 0 Å². The number of hydrogen-bond donors (Lipinski definition) is 0. The molecule has 12 rings (SSSR count). The van der Waals surface area contributed by atoms with Gasteiger partial charge in [0.15, 0.2) is 0 Å². The van der Waals surface area contributed by atoms with E-state index in [0.717, 1.165) is 55.8 Å². The Kier molecular flexibility index (Phi) is 8.17. The van der Waals surface area contributed by atoms with Crippen molar-refractivity contribution in [3.05, 3.63) is 231 Å². The van der Waals surface area contributed by atoms with Crippen LogP contribution in [0.25, 0.3) is 93.6 Å². The maximum Gasteiger partial charge on any atom is 0.143 e. The highest BCUT2D eigenvalue weighted by molar-refractivity contribution is 6.12. The third-order valence-corrected chi connectivity index (χ3v) is 12.2. The first kappa shape index (κ1) is 34.9. The second-order valence-corrected chi connectivity index (χ2v) is 15.6. The molecule has 0 saturated heterocycles. The first-order chi connectivity index (χ1) is 30.3. The molecular weight excluding hydrogens is 741 g/mol. The molecule has 0 bridgehead atoms. The van der Waals surface area contributed by atoms with Gasteiger partial charge in [-0.15, -0.1) is 0 Å². The summed E-state index contributed by atoms with van der Waals surface area (Å²) in [6, 6.07) is 82.9. The van der Waals surface area contributed by atoms with E-state index in [2.05, 4.69) is 228 Å². The quantitative estimate of drug-likeness (QED) is 0.161. The number of rotatable bonds is 7. The smallest absolute Gasteiger partial charge is 0.143 e. The minimum Gasteiger partial charge on any atom is -0.455 e. The zero-order valence-corrected chi connectivity index (χ0v) is 33.2. The maximum absolute atomic E-state index is 6.46. The molecule has 61 heavy (non-hydrogen) atoms. The normalized spacial score (nSPS) is 11.6. The van der Waals surface area contributed by atoms with Crippen LogP contribution in [0.4, 0.5) is 17.1 Å². The Hall–Kier alpha value is -8.14. The van der Waals surface area contributed by atoms with E-state index in [4.69, 9.17) is 4.42 Å². The van der Waals surface area contributed by atoms with Crippen LogP contribution in [-0.4, -0.2) is 4.57 Å². The Labute approximate surface area is 353 Å². The Balaban J connectivity index is 1.03. The van der Waals surface area contributed by atoms with E-state index < -0.39 is 0 Å². The summed E-state index contributed by atoms with van der Waals surface area (Å²) in [5.74, 6) is 0. The van der Waals surface area contributed by atoms with Crippen LogP contribution < -0.4 is 4.90 Å². The van der Waals surface area contributed by atoms with Gasteiger partial charge in [0.1, 0.15) is 11.2 Å². The minimum atomic E-state index is 0.903. The zero-order valence-electron chi connectivity index (χ0n) is 33.2. The molecule has 0 fully saturated rings. The number of para-hydroxylation sites is 5. The van der Waals surface area contributed by atoms with Gasteiger partial charge in [-0.25, -0.2) is 0 Å². The van der Waals surface area contributed by atoms with E-state index in [-0.39, 0.29) is 0 Å². The monoisotopic (exact) mass is 778 g/mol. The van der Waals surface area contributed by atoms with Gasteiger partial charge in [0.05, 0.1) is 22.4 Å². The molecule has 0 aliphatic rings. The van der Waals surface area contributed by atoms with Crippen LogP contribution in [0.1, 0.15) is 0 Å². The number of furan rings is 1. The van der Waals surface area contributed by atoms with E-state index in [1.54, 1.807) is 0 Å². The molecule has 12 aromatic rings. The highest BCUT2D eigenvalue weighted by Crippen LogP contribution is 2.45. The van der Waals surface area contributed by atoms with Crippen molar-refractivity contribution in [3.63, 3.8) is 0 Å². The van der Waals surface area contributed by atoms with Crippen molar-refractivity contribution in [2.75, 3.05) is 4.90 Å². The molecule has 0 N–H and O–H groups in total. The summed E-state index contributed by atoms with van der Waals surface area (Å²) in [7, 11) is 0. The van der Waals surface area contributed by atoms with Gasteiger partial charge in [-0.2, -0.15) is 0 Å². The van der Waals surface area contributed by atoms with Crippen molar-refractivity contribution < 1.29 is 4.42 Å². The highest BCUT2D eigenvalue weighted by atomic mass is 16.3. The van der Waals surface area contributed by atoms with Crippen LogP contribution in [0, 0.1) is 0 Å². The largest absolute Gasteiger partial charge is 0.455 e. The molecule has 3 heteroatoms. The van der Waals surface area contributed by atoms with Crippen LogP contribution >= 0.6 is 0 Å².